The van der Waals surface area contributed by atoms with Crippen LogP contribution < -0.4 is 0 Å². The van der Waals surface area contributed by atoms with Crippen molar-refractivity contribution >= 4 is 19.9 Å². The van der Waals surface area contributed by atoms with Crippen molar-refractivity contribution in [2.24, 2.45) is 0 Å². The van der Waals surface area contributed by atoms with Crippen LogP contribution in [0.25, 0.3) is 0 Å². The van der Waals surface area contributed by atoms with E-state index in [9.17, 15) is 14.6 Å². The highest BCUT2D eigenvalue weighted by Crippen LogP contribution is 1.95. The SMILES string of the molecule is C[N+]([O-])=C([PH2]=O)C(=O)O. The summed E-state index contributed by atoms with van der Waals surface area (Å²) < 4.78 is 10.0. The van der Waals surface area contributed by atoms with Crippen LogP contribution in [0.3, 0.4) is 0 Å². The Labute approximate surface area is 52.4 Å². The molecule has 0 aliphatic rings. The molecule has 0 heterocycles. The molecule has 0 aliphatic carbocycles. The summed E-state index contributed by atoms with van der Waals surface area (Å²) in [6.07, 6.45) is 0. The number of hydrogen-bond donors (Lipinski definition) is 1. The van der Waals surface area contributed by atoms with Crippen molar-refractivity contribution in [2.75, 3.05) is 7.05 Å². The molecular weight excluding hydrogens is 145 g/mol. The van der Waals surface area contributed by atoms with Gasteiger partial charge in [-0.15, -0.1) is 0 Å². The molecule has 0 spiro atoms. The van der Waals surface area contributed by atoms with E-state index in [1.54, 1.807) is 0 Å². The number of hydroxylamine groups is 1. The molecule has 0 saturated heterocycles. The molecule has 0 fully saturated rings. The fraction of sp³-hybridized carbons (Fsp3) is 0.333. The van der Waals surface area contributed by atoms with Gasteiger partial charge in [0.2, 0.25) is 0 Å². The number of aliphatic carboxylic acids is 1. The largest absolute Gasteiger partial charge is 0.623 e. The van der Waals surface area contributed by atoms with Gasteiger partial charge in [-0.05, 0) is 0 Å². The lowest BCUT2D eigenvalue weighted by molar-refractivity contribution is -0.419. The maximum Gasteiger partial charge on any atom is 0.404 e. The first-order valence-electron chi connectivity index (χ1n) is 2.06. The second kappa shape index (κ2) is 3.25. The standard InChI is InChI=1S/C3H6NO4P/c1-4(7)2(9-8)3(5)6/h9H2,1H3,(H,5,6). The van der Waals surface area contributed by atoms with Crippen LogP contribution in [0.15, 0.2) is 0 Å². The Kier molecular flexibility index (Phi) is 2.95. The topological polar surface area (TPSA) is 80.4 Å². The van der Waals surface area contributed by atoms with Gasteiger partial charge in [0.25, 0.3) is 0 Å². The number of carboxylic acid groups (broad SMARTS) is 1. The van der Waals surface area contributed by atoms with Crippen LogP contribution in [0.1, 0.15) is 0 Å². The molecule has 0 aromatic carbocycles. The minimum atomic E-state index is -1.65. The van der Waals surface area contributed by atoms with Gasteiger partial charge in [-0.2, -0.15) is 4.74 Å². The normalized spacial score (nSPS) is 13.9. The molecule has 0 aromatic heterocycles. The van der Waals surface area contributed by atoms with Crippen LogP contribution in [-0.4, -0.2) is 28.3 Å². The zero-order valence-electron chi connectivity index (χ0n) is 4.70. The Morgan fingerprint density at radius 1 is 1.78 bits per heavy atom. The van der Waals surface area contributed by atoms with Crippen molar-refractivity contribution in [1.82, 2.24) is 0 Å². The van der Waals surface area contributed by atoms with Gasteiger partial charge in [0, 0.05) is 0 Å². The lowest BCUT2D eigenvalue weighted by Crippen LogP contribution is -2.15. The van der Waals surface area contributed by atoms with E-state index in [2.05, 4.69) is 0 Å². The molecule has 0 rings (SSSR count). The summed E-state index contributed by atoms with van der Waals surface area (Å²) in [5.74, 6) is -1.42. The summed E-state index contributed by atoms with van der Waals surface area (Å²) in [5.41, 5.74) is -0.588. The number of hydrogen-bond acceptors (Lipinski definition) is 3. The zero-order chi connectivity index (χ0) is 7.44. The summed E-state index contributed by atoms with van der Waals surface area (Å²) >= 11 is 0. The van der Waals surface area contributed by atoms with E-state index in [1.165, 1.54) is 0 Å². The van der Waals surface area contributed by atoms with Crippen LogP contribution >= 0.6 is 8.46 Å². The van der Waals surface area contributed by atoms with Crippen LogP contribution in [0.2, 0.25) is 0 Å². The molecule has 0 bridgehead atoms. The highest BCUT2D eigenvalue weighted by Gasteiger charge is 2.13. The highest BCUT2D eigenvalue weighted by atomic mass is 31.1. The predicted molar refractivity (Wildman–Crippen MR) is 32.6 cm³/mol. The highest BCUT2D eigenvalue weighted by molar-refractivity contribution is 7.50. The molecule has 1 unspecified atom stereocenters. The van der Waals surface area contributed by atoms with Crippen molar-refractivity contribution in [3.05, 3.63) is 5.21 Å². The summed E-state index contributed by atoms with van der Waals surface area (Å²) in [4.78, 5) is 9.91. The molecule has 52 valence electrons. The average molecular weight is 151 g/mol. The molecule has 9 heavy (non-hydrogen) atoms. The van der Waals surface area contributed by atoms with E-state index in [0.717, 1.165) is 7.05 Å². The Hall–Kier alpha value is -0.830. The van der Waals surface area contributed by atoms with E-state index < -0.39 is 19.9 Å². The van der Waals surface area contributed by atoms with E-state index >= 15 is 0 Å². The van der Waals surface area contributed by atoms with Crippen LogP contribution in [0.5, 0.6) is 0 Å². The molecular formula is C3H6NO4P. The van der Waals surface area contributed by atoms with Crippen LogP contribution in [0, 0.1) is 5.21 Å². The third-order valence-electron chi connectivity index (χ3n) is 0.670. The zero-order valence-corrected chi connectivity index (χ0v) is 5.85. The van der Waals surface area contributed by atoms with Gasteiger partial charge in [-0.1, -0.05) is 0 Å². The second-order valence-corrected chi connectivity index (χ2v) is 2.09. The monoisotopic (exact) mass is 151 g/mol. The van der Waals surface area contributed by atoms with E-state index in [0.29, 0.717) is 0 Å². The van der Waals surface area contributed by atoms with E-state index in [1.807, 2.05) is 0 Å². The molecule has 0 radical (unpaired) electrons. The van der Waals surface area contributed by atoms with E-state index in [-0.39, 0.29) is 4.74 Å². The minimum absolute atomic E-state index is 0.0880. The van der Waals surface area contributed by atoms with Gasteiger partial charge >= 0.3 is 11.4 Å². The van der Waals surface area contributed by atoms with Gasteiger partial charge in [0.05, 0.1) is 0 Å². The smallest absolute Gasteiger partial charge is 0.404 e. The van der Waals surface area contributed by atoms with Crippen molar-refractivity contribution in [3.8, 4) is 0 Å². The first kappa shape index (κ1) is 8.17. The molecule has 0 amide bonds. The quantitative estimate of drug-likeness (QED) is 0.187. The maximum absolute atomic E-state index is 10.1. The van der Waals surface area contributed by atoms with Gasteiger partial charge in [-0.3, -0.25) is 0 Å². The summed E-state index contributed by atoms with van der Waals surface area (Å²) in [7, 11) is -0.654. The molecule has 0 aromatic rings. The lowest BCUT2D eigenvalue weighted by Gasteiger charge is -1.94. The predicted octanol–water partition coefficient (Wildman–Crippen LogP) is -0.634. The summed E-state index contributed by atoms with van der Waals surface area (Å²) in [5, 5.41) is 18.2. The molecule has 0 aliphatic heterocycles. The minimum Gasteiger partial charge on any atom is -0.623 e. The Balaban J connectivity index is 4.55. The molecule has 5 nitrogen and oxygen atoms in total. The van der Waals surface area contributed by atoms with Crippen molar-refractivity contribution in [1.29, 1.82) is 0 Å². The van der Waals surface area contributed by atoms with Crippen LogP contribution in [-0.2, 0) is 9.36 Å². The fourth-order valence-corrected chi connectivity index (χ4v) is 0.509. The second-order valence-electron chi connectivity index (χ2n) is 1.31. The fourth-order valence-electron chi connectivity index (χ4n) is 0.259. The van der Waals surface area contributed by atoms with Crippen LogP contribution in [0.4, 0.5) is 0 Å². The lowest BCUT2D eigenvalue weighted by atomic mass is 10.7. The molecule has 0 saturated carbocycles. The first-order valence-corrected chi connectivity index (χ1v) is 3.10. The van der Waals surface area contributed by atoms with Crippen molar-refractivity contribution < 1.29 is 19.2 Å². The maximum atomic E-state index is 10.1. The van der Waals surface area contributed by atoms with Crippen molar-refractivity contribution in [3.63, 3.8) is 0 Å². The Morgan fingerprint density at radius 3 is 2.22 bits per heavy atom. The number of carbonyl (C=O) groups is 1. The van der Waals surface area contributed by atoms with Gasteiger partial charge in [0.15, 0.2) is 8.46 Å². The molecule has 1 N–H and O–H groups in total. The van der Waals surface area contributed by atoms with E-state index in [4.69, 9.17) is 5.11 Å². The Morgan fingerprint density at radius 2 is 2.22 bits per heavy atom. The molecule has 1 atom stereocenters. The average Bonchev–Trinajstić information content (AvgIpc) is 1.64. The van der Waals surface area contributed by atoms with Gasteiger partial charge < -0.3 is 14.9 Å². The summed E-state index contributed by atoms with van der Waals surface area (Å²) in [6, 6.07) is 0. The van der Waals surface area contributed by atoms with Gasteiger partial charge in [-0.25, -0.2) is 4.79 Å². The molecule has 6 heteroatoms. The third kappa shape index (κ3) is 2.28. The number of nitrogens with zero attached hydrogens (tertiary/aromatic N) is 1. The van der Waals surface area contributed by atoms with Crippen molar-refractivity contribution in [2.45, 2.75) is 0 Å². The Bertz CT molecular complexity index is 171. The number of carboxylic acids is 1. The number of rotatable bonds is 2. The third-order valence-corrected chi connectivity index (χ3v) is 1.50. The summed E-state index contributed by atoms with van der Waals surface area (Å²) in [6.45, 7) is 0. The van der Waals surface area contributed by atoms with Gasteiger partial charge in [0.1, 0.15) is 7.05 Å². The first-order chi connectivity index (χ1) is 4.09.